The molecule has 1 heterocycles. The van der Waals surface area contributed by atoms with Gasteiger partial charge in [-0.05, 0) is 85.8 Å². The minimum Gasteiger partial charge on any atom is -0.489 e. The average Bonchev–Trinajstić information content (AvgIpc) is 2.92. The predicted octanol–water partition coefficient (Wildman–Crippen LogP) is 5.00. The van der Waals surface area contributed by atoms with Crippen molar-refractivity contribution in [1.82, 2.24) is 4.90 Å². The van der Waals surface area contributed by atoms with E-state index in [2.05, 4.69) is 12.1 Å². The summed E-state index contributed by atoms with van der Waals surface area (Å²) in [5, 5.41) is 18.2. The molecule has 0 aromatic heterocycles. The molecule has 1 fully saturated rings. The van der Waals surface area contributed by atoms with Gasteiger partial charge in [0.25, 0.3) is 5.91 Å². The summed E-state index contributed by atoms with van der Waals surface area (Å²) in [6, 6.07) is 23.4. The third kappa shape index (κ3) is 6.41. The SMILES string of the molecule is N#Cc1ccc(Oc2cc(OCc3cccc(C#N)c3)cc(C(=O)N3CCC(CCN)CC3)c2)cc1. The number of hydrogen-bond donors (Lipinski definition) is 1. The number of carbonyl (C=O) groups excluding carboxylic acids is 1. The molecule has 0 unspecified atom stereocenters. The van der Waals surface area contributed by atoms with Crippen molar-refractivity contribution in [2.45, 2.75) is 25.9 Å². The van der Waals surface area contributed by atoms with Crippen molar-refractivity contribution >= 4 is 5.91 Å². The van der Waals surface area contributed by atoms with Crippen LogP contribution in [0.1, 0.15) is 46.3 Å². The molecule has 1 aliphatic rings. The maximum atomic E-state index is 13.4. The smallest absolute Gasteiger partial charge is 0.254 e. The molecule has 0 atom stereocenters. The number of likely N-dealkylation sites (tertiary alicyclic amines) is 1. The van der Waals surface area contributed by atoms with E-state index in [-0.39, 0.29) is 12.5 Å². The molecule has 3 aromatic rings. The molecular weight excluding hydrogens is 452 g/mol. The Kier molecular flexibility index (Phi) is 8.18. The number of benzene rings is 3. The largest absolute Gasteiger partial charge is 0.489 e. The summed E-state index contributed by atoms with van der Waals surface area (Å²) in [5.74, 6) is 2.00. The van der Waals surface area contributed by atoms with Gasteiger partial charge in [-0.2, -0.15) is 10.5 Å². The molecule has 7 heteroatoms. The maximum Gasteiger partial charge on any atom is 0.254 e. The first-order chi connectivity index (χ1) is 17.6. The molecular formula is C29H28N4O3. The van der Waals surface area contributed by atoms with E-state index in [0.717, 1.165) is 24.8 Å². The van der Waals surface area contributed by atoms with Crippen LogP contribution in [0.5, 0.6) is 17.2 Å². The van der Waals surface area contributed by atoms with Crippen LogP contribution in [0.3, 0.4) is 0 Å². The van der Waals surface area contributed by atoms with Crippen molar-refractivity contribution in [2.24, 2.45) is 11.7 Å². The number of nitriles is 2. The fourth-order valence-electron chi connectivity index (χ4n) is 4.31. The van der Waals surface area contributed by atoms with Gasteiger partial charge in [0.05, 0.1) is 23.3 Å². The van der Waals surface area contributed by atoms with E-state index >= 15 is 0 Å². The highest BCUT2D eigenvalue weighted by Crippen LogP contribution is 2.30. The minimum absolute atomic E-state index is 0.0668. The summed E-state index contributed by atoms with van der Waals surface area (Å²) in [5.41, 5.74) is 8.13. The van der Waals surface area contributed by atoms with Crippen LogP contribution < -0.4 is 15.2 Å². The predicted molar refractivity (Wildman–Crippen MR) is 135 cm³/mol. The summed E-state index contributed by atoms with van der Waals surface area (Å²) < 4.78 is 12.0. The van der Waals surface area contributed by atoms with Crippen LogP contribution in [0, 0.1) is 28.6 Å². The molecule has 0 spiro atoms. The summed E-state index contributed by atoms with van der Waals surface area (Å²) in [6.45, 7) is 2.31. The van der Waals surface area contributed by atoms with E-state index in [0.29, 0.717) is 59.5 Å². The van der Waals surface area contributed by atoms with Crippen LogP contribution in [0.4, 0.5) is 0 Å². The van der Waals surface area contributed by atoms with Gasteiger partial charge >= 0.3 is 0 Å². The van der Waals surface area contributed by atoms with Gasteiger partial charge in [0.2, 0.25) is 0 Å². The molecule has 7 nitrogen and oxygen atoms in total. The number of rotatable bonds is 8. The lowest BCUT2D eigenvalue weighted by Gasteiger charge is -2.32. The Morgan fingerprint density at radius 2 is 1.64 bits per heavy atom. The van der Waals surface area contributed by atoms with Gasteiger partial charge < -0.3 is 20.1 Å². The molecule has 1 saturated heterocycles. The molecule has 1 amide bonds. The highest BCUT2D eigenvalue weighted by Gasteiger charge is 2.24. The van der Waals surface area contributed by atoms with Gasteiger partial charge in [-0.1, -0.05) is 12.1 Å². The zero-order valence-corrected chi connectivity index (χ0v) is 20.0. The Labute approximate surface area is 211 Å². The Balaban J connectivity index is 1.55. The Morgan fingerprint density at radius 1 is 0.917 bits per heavy atom. The Morgan fingerprint density at radius 3 is 2.33 bits per heavy atom. The van der Waals surface area contributed by atoms with Crippen molar-refractivity contribution in [2.75, 3.05) is 19.6 Å². The lowest BCUT2D eigenvalue weighted by molar-refractivity contribution is 0.0687. The molecule has 36 heavy (non-hydrogen) atoms. The van der Waals surface area contributed by atoms with Gasteiger partial charge in [0.15, 0.2) is 0 Å². The van der Waals surface area contributed by atoms with E-state index in [1.807, 2.05) is 17.0 Å². The van der Waals surface area contributed by atoms with E-state index in [9.17, 15) is 4.79 Å². The van der Waals surface area contributed by atoms with Crippen LogP contribution >= 0.6 is 0 Å². The highest BCUT2D eigenvalue weighted by molar-refractivity contribution is 5.95. The molecule has 0 bridgehead atoms. The van der Waals surface area contributed by atoms with Crippen molar-refractivity contribution in [3.8, 4) is 29.4 Å². The van der Waals surface area contributed by atoms with Crippen LogP contribution in [0.2, 0.25) is 0 Å². The van der Waals surface area contributed by atoms with Crippen LogP contribution in [0.25, 0.3) is 0 Å². The summed E-state index contributed by atoms with van der Waals surface area (Å²) in [4.78, 5) is 15.2. The molecule has 182 valence electrons. The highest BCUT2D eigenvalue weighted by atomic mass is 16.5. The lowest BCUT2D eigenvalue weighted by atomic mass is 9.93. The van der Waals surface area contributed by atoms with Gasteiger partial charge in [-0.3, -0.25) is 4.79 Å². The summed E-state index contributed by atoms with van der Waals surface area (Å²) in [7, 11) is 0. The van der Waals surface area contributed by atoms with E-state index < -0.39 is 0 Å². The van der Waals surface area contributed by atoms with E-state index in [4.69, 9.17) is 25.7 Å². The normalized spacial score (nSPS) is 13.5. The Bertz CT molecular complexity index is 1280. The monoisotopic (exact) mass is 480 g/mol. The van der Waals surface area contributed by atoms with E-state index in [1.54, 1.807) is 54.6 Å². The van der Waals surface area contributed by atoms with Crippen LogP contribution in [0.15, 0.2) is 66.7 Å². The number of carbonyl (C=O) groups is 1. The van der Waals surface area contributed by atoms with E-state index in [1.165, 1.54) is 0 Å². The second kappa shape index (κ2) is 11.9. The molecule has 4 rings (SSSR count). The molecule has 2 N–H and O–H groups in total. The number of nitrogens with two attached hydrogens (primary N) is 1. The zero-order valence-electron chi connectivity index (χ0n) is 20.0. The van der Waals surface area contributed by atoms with Crippen molar-refractivity contribution < 1.29 is 14.3 Å². The minimum atomic E-state index is -0.0668. The van der Waals surface area contributed by atoms with Gasteiger partial charge in [-0.25, -0.2) is 0 Å². The zero-order chi connectivity index (χ0) is 25.3. The molecule has 3 aromatic carbocycles. The molecule has 0 radical (unpaired) electrons. The quantitative estimate of drug-likeness (QED) is 0.485. The number of hydrogen-bond acceptors (Lipinski definition) is 6. The second-order valence-corrected chi connectivity index (χ2v) is 8.85. The lowest BCUT2D eigenvalue weighted by Crippen LogP contribution is -2.38. The number of amides is 1. The third-order valence-electron chi connectivity index (χ3n) is 6.28. The van der Waals surface area contributed by atoms with Crippen LogP contribution in [-0.4, -0.2) is 30.4 Å². The molecule has 1 aliphatic heterocycles. The van der Waals surface area contributed by atoms with Gasteiger partial charge in [0.1, 0.15) is 23.9 Å². The first-order valence-corrected chi connectivity index (χ1v) is 12.0. The number of nitrogens with zero attached hydrogens (tertiary/aromatic N) is 3. The molecule has 0 aliphatic carbocycles. The van der Waals surface area contributed by atoms with Gasteiger partial charge in [0, 0.05) is 24.7 Å². The Hall–Kier alpha value is -4.33. The van der Waals surface area contributed by atoms with Crippen molar-refractivity contribution in [3.05, 3.63) is 89.0 Å². The first kappa shape index (κ1) is 24.8. The van der Waals surface area contributed by atoms with Crippen LogP contribution in [-0.2, 0) is 6.61 Å². The van der Waals surface area contributed by atoms with Crippen molar-refractivity contribution in [1.29, 1.82) is 10.5 Å². The number of piperidine rings is 1. The summed E-state index contributed by atoms with van der Waals surface area (Å²) >= 11 is 0. The third-order valence-corrected chi connectivity index (χ3v) is 6.28. The second-order valence-electron chi connectivity index (χ2n) is 8.85. The maximum absolute atomic E-state index is 13.4. The molecule has 0 saturated carbocycles. The topological polar surface area (TPSA) is 112 Å². The summed E-state index contributed by atoms with van der Waals surface area (Å²) in [6.07, 6.45) is 2.88. The average molecular weight is 481 g/mol. The standard InChI is InChI=1S/C29H28N4O3/c30-11-8-21-9-12-33(13-10-21)29(34)25-15-27(35-20-24-3-1-2-23(14-24)19-32)17-28(16-25)36-26-6-4-22(18-31)5-7-26/h1-7,14-17,21H,8-13,20,30H2. The fraction of sp³-hybridized carbons (Fsp3) is 0.276. The van der Waals surface area contributed by atoms with Crippen molar-refractivity contribution in [3.63, 3.8) is 0 Å². The fourth-order valence-corrected chi connectivity index (χ4v) is 4.31. The number of ether oxygens (including phenoxy) is 2. The van der Waals surface area contributed by atoms with Gasteiger partial charge in [-0.15, -0.1) is 0 Å². The first-order valence-electron chi connectivity index (χ1n) is 12.0.